The molecule has 1 aromatic heterocycles. The van der Waals surface area contributed by atoms with Gasteiger partial charge in [-0.3, -0.25) is 9.59 Å². The molecular formula is C14H13BrN2O3. The molecule has 2 rings (SSSR count). The second-order valence-corrected chi connectivity index (χ2v) is 4.95. The maximum Gasteiger partial charge on any atom is 0.262 e. The van der Waals surface area contributed by atoms with Crippen molar-refractivity contribution in [3.8, 4) is 5.75 Å². The van der Waals surface area contributed by atoms with Gasteiger partial charge in [-0.25, -0.2) is 0 Å². The van der Waals surface area contributed by atoms with Gasteiger partial charge in [0.15, 0.2) is 0 Å². The fraction of sp³-hybridized carbons (Fsp3) is 0.143. The van der Waals surface area contributed by atoms with Gasteiger partial charge in [-0.1, -0.05) is 12.1 Å². The second-order valence-electron chi connectivity index (χ2n) is 4.10. The first-order valence-corrected chi connectivity index (χ1v) is 6.69. The first-order chi connectivity index (χ1) is 9.60. The van der Waals surface area contributed by atoms with Crippen LogP contribution in [0.1, 0.15) is 15.9 Å². The van der Waals surface area contributed by atoms with Gasteiger partial charge in [-0.05, 0) is 39.7 Å². The third-order valence-corrected chi connectivity index (χ3v) is 3.30. The summed E-state index contributed by atoms with van der Waals surface area (Å²) in [6, 6.07) is 8.93. The number of ether oxygens (including phenoxy) is 1. The minimum Gasteiger partial charge on any atom is -0.497 e. The maximum atomic E-state index is 12.0. The third-order valence-electron chi connectivity index (χ3n) is 2.71. The van der Waals surface area contributed by atoms with Gasteiger partial charge in [0, 0.05) is 12.7 Å². The van der Waals surface area contributed by atoms with Crippen molar-refractivity contribution in [2.75, 3.05) is 7.11 Å². The molecular weight excluding hydrogens is 324 g/mol. The highest BCUT2D eigenvalue weighted by atomic mass is 79.9. The van der Waals surface area contributed by atoms with E-state index in [0.717, 1.165) is 11.3 Å². The smallest absolute Gasteiger partial charge is 0.262 e. The van der Waals surface area contributed by atoms with E-state index in [-0.39, 0.29) is 11.5 Å². The molecule has 20 heavy (non-hydrogen) atoms. The molecule has 0 saturated heterocycles. The second kappa shape index (κ2) is 6.38. The van der Waals surface area contributed by atoms with E-state index in [0.29, 0.717) is 16.6 Å². The molecule has 0 fully saturated rings. The molecule has 0 bridgehead atoms. The number of methoxy groups -OCH3 is 1. The molecule has 0 aliphatic carbocycles. The Morgan fingerprint density at radius 3 is 2.90 bits per heavy atom. The van der Waals surface area contributed by atoms with Crippen LogP contribution in [-0.2, 0) is 6.54 Å². The molecule has 6 heteroatoms. The molecule has 0 unspecified atom stereocenters. The SMILES string of the molecule is COc1cccc(CNC(=O)c2c[nH]c(=O)c(Br)c2)c1. The normalized spacial score (nSPS) is 10.1. The van der Waals surface area contributed by atoms with E-state index in [4.69, 9.17) is 4.74 Å². The zero-order chi connectivity index (χ0) is 14.5. The average molecular weight is 337 g/mol. The van der Waals surface area contributed by atoms with Crippen LogP contribution in [0.4, 0.5) is 0 Å². The van der Waals surface area contributed by atoms with E-state index in [1.165, 1.54) is 12.3 Å². The lowest BCUT2D eigenvalue weighted by atomic mass is 10.2. The first-order valence-electron chi connectivity index (χ1n) is 5.89. The highest BCUT2D eigenvalue weighted by Gasteiger charge is 2.07. The fourth-order valence-corrected chi connectivity index (χ4v) is 2.01. The van der Waals surface area contributed by atoms with Crippen molar-refractivity contribution in [3.05, 3.63) is 62.5 Å². The van der Waals surface area contributed by atoms with E-state index >= 15 is 0 Å². The van der Waals surface area contributed by atoms with Crippen molar-refractivity contribution in [2.45, 2.75) is 6.54 Å². The minimum absolute atomic E-state index is 0.259. The molecule has 0 spiro atoms. The molecule has 1 aromatic carbocycles. The highest BCUT2D eigenvalue weighted by molar-refractivity contribution is 9.10. The molecule has 2 aromatic rings. The van der Waals surface area contributed by atoms with Gasteiger partial charge in [0.05, 0.1) is 17.1 Å². The maximum absolute atomic E-state index is 12.0. The van der Waals surface area contributed by atoms with Crippen LogP contribution < -0.4 is 15.6 Å². The van der Waals surface area contributed by atoms with Crippen molar-refractivity contribution in [3.63, 3.8) is 0 Å². The molecule has 0 aliphatic heterocycles. The Hall–Kier alpha value is -2.08. The van der Waals surface area contributed by atoms with Crippen molar-refractivity contribution in [1.29, 1.82) is 0 Å². The summed E-state index contributed by atoms with van der Waals surface area (Å²) < 4.78 is 5.44. The Kier molecular flexibility index (Phi) is 4.57. The molecule has 0 atom stereocenters. The van der Waals surface area contributed by atoms with Gasteiger partial charge >= 0.3 is 0 Å². The van der Waals surface area contributed by atoms with E-state index in [2.05, 4.69) is 26.2 Å². The number of aromatic amines is 1. The monoisotopic (exact) mass is 336 g/mol. The van der Waals surface area contributed by atoms with Crippen molar-refractivity contribution in [2.24, 2.45) is 0 Å². The largest absolute Gasteiger partial charge is 0.497 e. The van der Waals surface area contributed by atoms with Crippen LogP contribution in [0.25, 0.3) is 0 Å². The van der Waals surface area contributed by atoms with Gasteiger partial charge in [0.25, 0.3) is 11.5 Å². The van der Waals surface area contributed by atoms with Crippen LogP contribution in [0.2, 0.25) is 0 Å². The summed E-state index contributed by atoms with van der Waals surface area (Å²) in [5.74, 6) is 0.480. The number of carbonyl (C=O) groups is 1. The summed E-state index contributed by atoms with van der Waals surface area (Å²) in [7, 11) is 1.59. The van der Waals surface area contributed by atoms with Crippen LogP contribution in [0.5, 0.6) is 5.75 Å². The summed E-state index contributed by atoms with van der Waals surface area (Å²) in [6.07, 6.45) is 1.38. The molecule has 0 radical (unpaired) electrons. The predicted molar refractivity (Wildman–Crippen MR) is 78.9 cm³/mol. The van der Waals surface area contributed by atoms with Crippen LogP contribution in [0.3, 0.4) is 0 Å². The Morgan fingerprint density at radius 2 is 2.20 bits per heavy atom. The summed E-state index contributed by atoms with van der Waals surface area (Å²) >= 11 is 3.09. The molecule has 0 aliphatic rings. The minimum atomic E-state index is -0.269. The Balaban J connectivity index is 2.04. The molecule has 5 nitrogen and oxygen atoms in total. The Morgan fingerprint density at radius 1 is 1.40 bits per heavy atom. The standard InChI is InChI=1S/C14H13BrN2O3/c1-20-11-4-2-3-9(5-11)7-16-13(18)10-6-12(15)14(19)17-8-10/h2-6,8H,7H2,1H3,(H,16,18)(H,17,19). The first kappa shape index (κ1) is 14.3. The molecule has 2 N–H and O–H groups in total. The summed E-state index contributed by atoms with van der Waals surface area (Å²) in [5, 5.41) is 2.78. The lowest BCUT2D eigenvalue weighted by Gasteiger charge is -2.07. The van der Waals surface area contributed by atoms with Gasteiger partial charge in [-0.15, -0.1) is 0 Å². The van der Waals surface area contributed by atoms with Gasteiger partial charge in [0.2, 0.25) is 0 Å². The number of amides is 1. The van der Waals surface area contributed by atoms with Gasteiger partial charge in [0.1, 0.15) is 5.75 Å². The van der Waals surface area contributed by atoms with Crippen molar-refractivity contribution >= 4 is 21.8 Å². The van der Waals surface area contributed by atoms with E-state index in [1.807, 2.05) is 24.3 Å². The Labute approximate surface area is 124 Å². The van der Waals surface area contributed by atoms with Crippen molar-refractivity contribution < 1.29 is 9.53 Å². The third kappa shape index (κ3) is 3.48. The number of pyridine rings is 1. The lowest BCUT2D eigenvalue weighted by Crippen LogP contribution is -2.24. The van der Waals surface area contributed by atoms with Crippen LogP contribution in [-0.4, -0.2) is 18.0 Å². The number of rotatable bonds is 4. The molecule has 104 valence electrons. The number of hydrogen-bond acceptors (Lipinski definition) is 3. The average Bonchev–Trinajstić information content (AvgIpc) is 2.47. The number of nitrogens with one attached hydrogen (secondary N) is 2. The van der Waals surface area contributed by atoms with E-state index in [9.17, 15) is 9.59 Å². The summed E-state index contributed by atoms with van der Waals surface area (Å²) in [6.45, 7) is 0.382. The summed E-state index contributed by atoms with van der Waals surface area (Å²) in [5.41, 5.74) is 1.05. The number of halogens is 1. The van der Waals surface area contributed by atoms with Crippen LogP contribution in [0, 0.1) is 0 Å². The molecule has 1 heterocycles. The van der Waals surface area contributed by atoms with Crippen LogP contribution >= 0.6 is 15.9 Å². The quantitative estimate of drug-likeness (QED) is 0.897. The summed E-state index contributed by atoms with van der Waals surface area (Å²) in [4.78, 5) is 25.6. The number of hydrogen-bond donors (Lipinski definition) is 2. The van der Waals surface area contributed by atoms with Gasteiger partial charge < -0.3 is 15.0 Å². The molecule has 1 amide bonds. The predicted octanol–water partition coefficient (Wildman–Crippen LogP) is 2.08. The zero-order valence-corrected chi connectivity index (χ0v) is 12.4. The van der Waals surface area contributed by atoms with Crippen molar-refractivity contribution in [1.82, 2.24) is 10.3 Å². The molecule has 0 saturated carbocycles. The number of H-pyrrole nitrogens is 1. The topological polar surface area (TPSA) is 71.2 Å². The highest BCUT2D eigenvalue weighted by Crippen LogP contribution is 2.12. The van der Waals surface area contributed by atoms with E-state index in [1.54, 1.807) is 7.11 Å². The number of benzene rings is 1. The number of aromatic nitrogens is 1. The van der Waals surface area contributed by atoms with Crippen LogP contribution in [0.15, 0.2) is 45.8 Å². The lowest BCUT2D eigenvalue weighted by molar-refractivity contribution is 0.0950. The van der Waals surface area contributed by atoms with E-state index < -0.39 is 0 Å². The fourth-order valence-electron chi connectivity index (χ4n) is 1.65. The zero-order valence-electron chi connectivity index (χ0n) is 10.8. The van der Waals surface area contributed by atoms with Gasteiger partial charge in [-0.2, -0.15) is 0 Å². The Bertz CT molecular complexity index is 682. The number of carbonyl (C=O) groups excluding carboxylic acids is 1.